The zero-order valence-corrected chi connectivity index (χ0v) is 14.9. The minimum atomic E-state index is -0.257. The van der Waals surface area contributed by atoms with Gasteiger partial charge >= 0.3 is 0 Å². The van der Waals surface area contributed by atoms with E-state index in [0.717, 1.165) is 18.4 Å². The molecule has 0 radical (unpaired) electrons. The van der Waals surface area contributed by atoms with Crippen molar-refractivity contribution in [2.24, 2.45) is 0 Å². The van der Waals surface area contributed by atoms with Crippen molar-refractivity contribution in [3.8, 4) is 5.75 Å². The predicted molar refractivity (Wildman–Crippen MR) is 101 cm³/mol. The van der Waals surface area contributed by atoms with E-state index in [-0.39, 0.29) is 5.91 Å². The van der Waals surface area contributed by atoms with Crippen LogP contribution in [0.25, 0.3) is 6.08 Å². The number of anilines is 1. The second-order valence-corrected chi connectivity index (χ2v) is 6.03. The van der Waals surface area contributed by atoms with Gasteiger partial charge in [0.1, 0.15) is 5.75 Å². The molecule has 2 aromatic rings. The molecule has 24 heavy (non-hydrogen) atoms. The molecule has 0 aliphatic heterocycles. The Balaban J connectivity index is 2.03. The third-order valence-electron chi connectivity index (χ3n) is 3.28. The number of hydrogen-bond donors (Lipinski definition) is 1. The predicted octanol–water partition coefficient (Wildman–Crippen LogP) is 5.82. The van der Waals surface area contributed by atoms with E-state index in [4.69, 9.17) is 27.9 Å². The lowest BCUT2D eigenvalue weighted by molar-refractivity contribution is -0.111. The molecule has 0 aliphatic rings. The molecular weight excluding hydrogens is 345 g/mol. The zero-order chi connectivity index (χ0) is 17.4. The first-order valence-electron chi connectivity index (χ1n) is 7.76. The summed E-state index contributed by atoms with van der Waals surface area (Å²) in [4.78, 5) is 12.1. The smallest absolute Gasteiger partial charge is 0.248 e. The van der Waals surface area contributed by atoms with Crippen molar-refractivity contribution in [1.82, 2.24) is 0 Å². The lowest BCUT2D eigenvalue weighted by atomic mass is 10.2. The molecule has 0 saturated carbocycles. The van der Waals surface area contributed by atoms with Gasteiger partial charge in [0.2, 0.25) is 5.91 Å². The molecule has 3 nitrogen and oxygen atoms in total. The number of ether oxygens (including phenoxy) is 1. The standard InChI is InChI=1S/C19H19Cl2NO2/c1-2-3-12-24-18-7-5-4-6-17(18)22-19(23)11-9-14-8-10-15(20)13-16(14)21/h4-11,13H,2-3,12H2,1H3,(H,22,23). The number of hydrogen-bond acceptors (Lipinski definition) is 2. The number of rotatable bonds is 7. The quantitative estimate of drug-likeness (QED) is 0.496. The average Bonchev–Trinajstić information content (AvgIpc) is 2.56. The van der Waals surface area contributed by atoms with Crippen LogP contribution >= 0.6 is 23.2 Å². The fraction of sp³-hybridized carbons (Fsp3) is 0.211. The number of benzene rings is 2. The summed E-state index contributed by atoms with van der Waals surface area (Å²) in [7, 11) is 0. The second-order valence-electron chi connectivity index (χ2n) is 5.19. The normalized spacial score (nSPS) is 10.8. The lowest BCUT2D eigenvalue weighted by Crippen LogP contribution is -2.09. The molecule has 0 bridgehead atoms. The topological polar surface area (TPSA) is 38.3 Å². The molecule has 0 fully saturated rings. The third-order valence-corrected chi connectivity index (χ3v) is 3.84. The summed E-state index contributed by atoms with van der Waals surface area (Å²) >= 11 is 11.9. The van der Waals surface area contributed by atoms with Crippen LogP contribution in [0.1, 0.15) is 25.3 Å². The highest BCUT2D eigenvalue weighted by Crippen LogP contribution is 2.25. The van der Waals surface area contributed by atoms with E-state index in [1.54, 1.807) is 24.3 Å². The molecular formula is C19H19Cl2NO2. The zero-order valence-electron chi connectivity index (χ0n) is 13.4. The monoisotopic (exact) mass is 363 g/mol. The van der Waals surface area contributed by atoms with E-state index in [0.29, 0.717) is 28.1 Å². The number of nitrogens with one attached hydrogen (secondary N) is 1. The van der Waals surface area contributed by atoms with Crippen LogP contribution in [-0.2, 0) is 4.79 Å². The summed E-state index contributed by atoms with van der Waals surface area (Å²) in [6.45, 7) is 2.73. The Hall–Kier alpha value is -1.97. The van der Waals surface area contributed by atoms with Crippen LogP contribution in [0.2, 0.25) is 10.0 Å². The van der Waals surface area contributed by atoms with Gasteiger partial charge in [-0.15, -0.1) is 0 Å². The highest BCUT2D eigenvalue weighted by Gasteiger charge is 2.06. The summed E-state index contributed by atoms with van der Waals surface area (Å²) in [5, 5.41) is 3.87. The van der Waals surface area contributed by atoms with Gasteiger partial charge < -0.3 is 10.1 Å². The van der Waals surface area contributed by atoms with Crippen molar-refractivity contribution in [1.29, 1.82) is 0 Å². The van der Waals surface area contributed by atoms with Gasteiger partial charge in [-0.25, -0.2) is 0 Å². The van der Waals surface area contributed by atoms with E-state index in [1.165, 1.54) is 6.08 Å². The van der Waals surface area contributed by atoms with E-state index >= 15 is 0 Å². The Labute approximate surface area is 152 Å². The molecule has 0 aromatic heterocycles. The first-order chi connectivity index (χ1) is 11.6. The maximum atomic E-state index is 12.1. The fourth-order valence-corrected chi connectivity index (χ4v) is 2.47. The van der Waals surface area contributed by atoms with Gasteiger partial charge in [0.25, 0.3) is 0 Å². The van der Waals surface area contributed by atoms with Gasteiger partial charge in [0.05, 0.1) is 12.3 Å². The Kier molecular flexibility index (Phi) is 7.16. The van der Waals surface area contributed by atoms with Crippen molar-refractivity contribution in [2.45, 2.75) is 19.8 Å². The largest absolute Gasteiger partial charge is 0.491 e. The summed E-state index contributed by atoms with van der Waals surface area (Å²) < 4.78 is 5.70. The Morgan fingerprint density at radius 1 is 1.21 bits per heavy atom. The molecule has 0 saturated heterocycles. The molecule has 5 heteroatoms. The second kappa shape index (κ2) is 9.36. The van der Waals surface area contributed by atoms with Crippen LogP contribution in [0.3, 0.4) is 0 Å². The average molecular weight is 364 g/mol. The maximum Gasteiger partial charge on any atom is 0.248 e. The summed E-state index contributed by atoms with van der Waals surface area (Å²) in [5.74, 6) is 0.407. The van der Waals surface area contributed by atoms with Crippen molar-refractivity contribution in [3.63, 3.8) is 0 Å². The molecule has 0 spiro atoms. The van der Waals surface area contributed by atoms with E-state index < -0.39 is 0 Å². The molecule has 0 heterocycles. The molecule has 1 N–H and O–H groups in total. The summed E-state index contributed by atoms with van der Waals surface area (Å²) in [6, 6.07) is 12.5. The van der Waals surface area contributed by atoms with Gasteiger partial charge in [-0.3, -0.25) is 4.79 Å². The SMILES string of the molecule is CCCCOc1ccccc1NC(=O)C=Cc1ccc(Cl)cc1Cl. The van der Waals surface area contributed by atoms with Crippen LogP contribution in [0, 0.1) is 0 Å². The van der Waals surface area contributed by atoms with E-state index in [1.807, 2.05) is 24.3 Å². The van der Waals surface area contributed by atoms with Crippen molar-refractivity contribution >= 4 is 40.9 Å². The molecule has 1 amide bonds. The first-order valence-corrected chi connectivity index (χ1v) is 8.51. The van der Waals surface area contributed by atoms with Gasteiger partial charge in [-0.1, -0.05) is 54.7 Å². The highest BCUT2D eigenvalue weighted by molar-refractivity contribution is 6.35. The first kappa shape index (κ1) is 18.4. The molecule has 0 atom stereocenters. The molecule has 2 rings (SSSR count). The number of halogens is 2. The summed E-state index contributed by atoms with van der Waals surface area (Å²) in [5.41, 5.74) is 1.37. The maximum absolute atomic E-state index is 12.1. The van der Waals surface area contributed by atoms with Crippen LogP contribution in [-0.4, -0.2) is 12.5 Å². The van der Waals surface area contributed by atoms with Crippen LogP contribution in [0.4, 0.5) is 5.69 Å². The lowest BCUT2D eigenvalue weighted by Gasteiger charge is -2.11. The number of carbonyl (C=O) groups excluding carboxylic acids is 1. The highest BCUT2D eigenvalue weighted by atomic mass is 35.5. The number of unbranched alkanes of at least 4 members (excludes halogenated alkanes) is 1. The van der Waals surface area contributed by atoms with Crippen molar-refractivity contribution < 1.29 is 9.53 Å². The minimum Gasteiger partial charge on any atom is -0.491 e. The molecule has 0 unspecified atom stereocenters. The van der Waals surface area contributed by atoms with Gasteiger partial charge in [-0.05, 0) is 42.3 Å². The van der Waals surface area contributed by atoms with Crippen LogP contribution in [0.15, 0.2) is 48.5 Å². The van der Waals surface area contributed by atoms with Crippen molar-refractivity contribution in [2.75, 3.05) is 11.9 Å². The number of amides is 1. The fourth-order valence-electron chi connectivity index (χ4n) is 2.00. The Morgan fingerprint density at radius 2 is 2.00 bits per heavy atom. The third kappa shape index (κ3) is 5.59. The van der Waals surface area contributed by atoms with Crippen LogP contribution < -0.4 is 10.1 Å². The number of para-hydroxylation sites is 2. The Morgan fingerprint density at radius 3 is 2.75 bits per heavy atom. The van der Waals surface area contributed by atoms with Crippen LogP contribution in [0.5, 0.6) is 5.75 Å². The number of carbonyl (C=O) groups is 1. The van der Waals surface area contributed by atoms with E-state index in [9.17, 15) is 4.79 Å². The van der Waals surface area contributed by atoms with Gasteiger partial charge in [-0.2, -0.15) is 0 Å². The molecule has 126 valence electrons. The molecule has 0 aliphatic carbocycles. The van der Waals surface area contributed by atoms with Gasteiger partial charge in [0, 0.05) is 16.1 Å². The minimum absolute atomic E-state index is 0.257. The van der Waals surface area contributed by atoms with E-state index in [2.05, 4.69) is 12.2 Å². The Bertz CT molecular complexity index is 729. The summed E-state index contributed by atoms with van der Waals surface area (Å²) in [6.07, 6.45) is 5.10. The molecule has 2 aromatic carbocycles. The van der Waals surface area contributed by atoms with Crippen molar-refractivity contribution in [3.05, 3.63) is 64.1 Å². The van der Waals surface area contributed by atoms with Gasteiger partial charge in [0.15, 0.2) is 0 Å².